The lowest BCUT2D eigenvalue weighted by molar-refractivity contribution is -0.141. The van der Waals surface area contributed by atoms with Crippen molar-refractivity contribution in [3.63, 3.8) is 0 Å². The van der Waals surface area contributed by atoms with Crippen LogP contribution in [-0.4, -0.2) is 39.1 Å². The molecule has 1 aliphatic carbocycles. The van der Waals surface area contributed by atoms with Crippen molar-refractivity contribution in [1.82, 2.24) is 14.7 Å². The molecule has 0 saturated heterocycles. The summed E-state index contributed by atoms with van der Waals surface area (Å²) in [5, 5.41) is 7.80. The molecule has 34 heavy (non-hydrogen) atoms. The minimum atomic E-state index is -0.217. The Morgan fingerprint density at radius 3 is 2.35 bits per heavy atom. The first kappa shape index (κ1) is 23.7. The van der Waals surface area contributed by atoms with Crippen LogP contribution < -0.4 is 5.32 Å². The Bertz CT molecular complexity index is 1110. The Labute approximate surface area is 202 Å². The van der Waals surface area contributed by atoms with Crippen molar-refractivity contribution in [1.29, 1.82) is 0 Å². The van der Waals surface area contributed by atoms with Gasteiger partial charge in [0.1, 0.15) is 12.4 Å². The highest BCUT2D eigenvalue weighted by Crippen LogP contribution is 2.27. The highest BCUT2D eigenvalue weighted by Gasteiger charge is 2.29. The van der Waals surface area contributed by atoms with Crippen LogP contribution in [0, 0.1) is 12.8 Å². The van der Waals surface area contributed by atoms with Crippen LogP contribution >= 0.6 is 0 Å². The molecule has 2 aromatic carbocycles. The normalized spacial score (nSPS) is 14.2. The molecule has 1 N–H and O–H groups in total. The molecule has 3 aromatic rings. The van der Waals surface area contributed by atoms with E-state index in [1.54, 1.807) is 9.58 Å². The van der Waals surface area contributed by atoms with Gasteiger partial charge in [-0.3, -0.25) is 9.59 Å². The number of aromatic nitrogens is 2. The molecule has 178 valence electrons. The summed E-state index contributed by atoms with van der Waals surface area (Å²) in [4.78, 5) is 28.0. The lowest BCUT2D eigenvalue weighted by atomic mass is 9.88. The number of amides is 2. The quantitative estimate of drug-likeness (QED) is 0.501. The maximum Gasteiger partial charge on any atom is 0.245 e. The molecule has 0 atom stereocenters. The molecular weight excluding hydrogens is 424 g/mol. The van der Waals surface area contributed by atoms with Gasteiger partial charge in [0.05, 0.1) is 11.4 Å². The van der Waals surface area contributed by atoms with E-state index >= 15 is 0 Å². The summed E-state index contributed by atoms with van der Waals surface area (Å²) in [5.41, 5.74) is 3.76. The van der Waals surface area contributed by atoms with Gasteiger partial charge in [-0.05, 0) is 45.7 Å². The molecule has 0 spiro atoms. The molecule has 6 heteroatoms. The number of carbonyl (C=O) groups excluding carboxylic acids is 2. The molecular formula is C28H34N4O2. The third-order valence-electron chi connectivity index (χ3n) is 6.50. The first-order valence-corrected chi connectivity index (χ1v) is 12.2. The van der Waals surface area contributed by atoms with Crippen molar-refractivity contribution >= 4 is 17.6 Å². The van der Waals surface area contributed by atoms with Gasteiger partial charge in [-0.25, -0.2) is 4.68 Å². The summed E-state index contributed by atoms with van der Waals surface area (Å²) in [6.07, 6.45) is 5.21. The third-order valence-corrected chi connectivity index (χ3v) is 6.50. The molecule has 1 aromatic heterocycles. The second-order valence-corrected chi connectivity index (χ2v) is 9.47. The van der Waals surface area contributed by atoms with Gasteiger partial charge in [0.25, 0.3) is 0 Å². The summed E-state index contributed by atoms with van der Waals surface area (Å²) < 4.78 is 1.75. The fourth-order valence-electron chi connectivity index (χ4n) is 4.54. The van der Waals surface area contributed by atoms with Crippen LogP contribution in [0.15, 0.2) is 60.7 Å². The van der Waals surface area contributed by atoms with Crippen molar-refractivity contribution in [3.8, 4) is 16.9 Å². The molecule has 1 fully saturated rings. The first-order chi connectivity index (χ1) is 16.4. The number of aryl methyl sites for hydroxylation is 1. The Morgan fingerprint density at radius 2 is 1.71 bits per heavy atom. The second-order valence-electron chi connectivity index (χ2n) is 9.47. The van der Waals surface area contributed by atoms with Gasteiger partial charge in [-0.1, -0.05) is 67.3 Å². The standard InChI is InChI=1S/C28H34N4O2/c1-20(2)31(28(34)23-12-8-5-9-13-23)19-27(33)29-26-18-25(22-10-6-4-7-11-22)30-32(26)24-16-14-21(3)15-17-24/h4,6-7,10-11,14-18,20,23H,5,8-9,12-13,19H2,1-3H3,(H,29,33). The average molecular weight is 459 g/mol. The molecule has 4 rings (SSSR count). The Morgan fingerprint density at radius 1 is 1.03 bits per heavy atom. The number of hydrogen-bond donors (Lipinski definition) is 1. The highest BCUT2D eigenvalue weighted by atomic mass is 16.2. The van der Waals surface area contributed by atoms with Gasteiger partial charge >= 0.3 is 0 Å². The lowest BCUT2D eigenvalue weighted by Gasteiger charge is -2.31. The summed E-state index contributed by atoms with van der Waals surface area (Å²) in [7, 11) is 0. The van der Waals surface area contributed by atoms with Crippen molar-refractivity contribution < 1.29 is 9.59 Å². The van der Waals surface area contributed by atoms with Gasteiger partial charge in [0, 0.05) is 23.6 Å². The van der Waals surface area contributed by atoms with E-state index in [1.165, 1.54) is 6.42 Å². The number of hydrogen-bond acceptors (Lipinski definition) is 3. The van der Waals surface area contributed by atoms with E-state index in [1.807, 2.05) is 81.4 Å². The van der Waals surface area contributed by atoms with E-state index in [0.717, 1.165) is 48.2 Å². The van der Waals surface area contributed by atoms with Crippen LogP contribution in [0.5, 0.6) is 0 Å². The van der Waals surface area contributed by atoms with Crippen LogP contribution in [0.1, 0.15) is 51.5 Å². The Hall–Kier alpha value is -3.41. The van der Waals surface area contributed by atoms with Crippen LogP contribution in [0.3, 0.4) is 0 Å². The fourth-order valence-corrected chi connectivity index (χ4v) is 4.54. The Balaban J connectivity index is 1.57. The molecule has 0 unspecified atom stereocenters. The zero-order valence-electron chi connectivity index (χ0n) is 20.3. The number of nitrogens with zero attached hydrogens (tertiary/aromatic N) is 3. The van der Waals surface area contributed by atoms with Crippen LogP contribution in [0.2, 0.25) is 0 Å². The van der Waals surface area contributed by atoms with E-state index in [-0.39, 0.29) is 30.3 Å². The van der Waals surface area contributed by atoms with E-state index in [0.29, 0.717) is 5.82 Å². The summed E-state index contributed by atoms with van der Waals surface area (Å²) in [5.74, 6) is 0.501. The third kappa shape index (κ3) is 5.56. The van der Waals surface area contributed by atoms with Crippen molar-refractivity contribution in [2.24, 2.45) is 5.92 Å². The topological polar surface area (TPSA) is 67.2 Å². The molecule has 0 radical (unpaired) electrons. The molecule has 0 bridgehead atoms. The van der Waals surface area contributed by atoms with Gasteiger partial charge in [-0.2, -0.15) is 5.10 Å². The van der Waals surface area contributed by atoms with Gasteiger partial charge < -0.3 is 10.2 Å². The van der Waals surface area contributed by atoms with Gasteiger partial charge in [-0.15, -0.1) is 0 Å². The highest BCUT2D eigenvalue weighted by molar-refractivity contribution is 5.95. The number of anilines is 1. The largest absolute Gasteiger partial charge is 0.331 e. The lowest BCUT2D eigenvalue weighted by Crippen LogP contribution is -2.45. The summed E-state index contributed by atoms with van der Waals surface area (Å²) in [6, 6.07) is 19.8. The van der Waals surface area contributed by atoms with Crippen LogP contribution in [0.4, 0.5) is 5.82 Å². The molecule has 0 aliphatic heterocycles. The van der Waals surface area contributed by atoms with Gasteiger partial charge in [0.2, 0.25) is 11.8 Å². The van der Waals surface area contributed by atoms with E-state index in [9.17, 15) is 9.59 Å². The first-order valence-electron chi connectivity index (χ1n) is 12.2. The van der Waals surface area contributed by atoms with Crippen LogP contribution in [0.25, 0.3) is 16.9 Å². The number of nitrogens with one attached hydrogen (secondary N) is 1. The zero-order chi connectivity index (χ0) is 24.1. The number of carbonyl (C=O) groups is 2. The molecule has 2 amide bonds. The molecule has 1 aliphatic rings. The summed E-state index contributed by atoms with van der Waals surface area (Å²) >= 11 is 0. The zero-order valence-corrected chi connectivity index (χ0v) is 20.3. The van der Waals surface area contributed by atoms with Crippen molar-refractivity contribution in [2.75, 3.05) is 11.9 Å². The second kappa shape index (κ2) is 10.7. The molecule has 1 saturated carbocycles. The molecule has 6 nitrogen and oxygen atoms in total. The van der Waals surface area contributed by atoms with Crippen molar-refractivity contribution in [2.45, 2.75) is 58.9 Å². The summed E-state index contributed by atoms with van der Waals surface area (Å²) in [6.45, 7) is 6.01. The van der Waals surface area contributed by atoms with E-state index in [4.69, 9.17) is 5.10 Å². The van der Waals surface area contributed by atoms with Crippen LogP contribution in [-0.2, 0) is 9.59 Å². The minimum Gasteiger partial charge on any atom is -0.331 e. The minimum absolute atomic E-state index is 0.0340. The molecule has 1 heterocycles. The van der Waals surface area contributed by atoms with E-state index < -0.39 is 0 Å². The van der Waals surface area contributed by atoms with Gasteiger partial charge in [0.15, 0.2) is 0 Å². The predicted octanol–water partition coefficient (Wildman–Crippen LogP) is 5.60. The van der Waals surface area contributed by atoms with Crippen molar-refractivity contribution in [3.05, 3.63) is 66.2 Å². The average Bonchev–Trinajstić information content (AvgIpc) is 3.27. The SMILES string of the molecule is Cc1ccc(-n2nc(-c3ccccc3)cc2NC(=O)CN(C(=O)C2CCCCC2)C(C)C)cc1. The predicted molar refractivity (Wildman–Crippen MR) is 136 cm³/mol. The maximum atomic E-state index is 13.2. The van der Waals surface area contributed by atoms with E-state index in [2.05, 4.69) is 5.32 Å². The monoisotopic (exact) mass is 458 g/mol. The fraction of sp³-hybridized carbons (Fsp3) is 0.393. The number of rotatable bonds is 7. The number of benzene rings is 2. The Kier molecular flexibility index (Phi) is 7.46. The maximum absolute atomic E-state index is 13.2. The smallest absolute Gasteiger partial charge is 0.245 e.